The summed E-state index contributed by atoms with van der Waals surface area (Å²) in [5.41, 5.74) is 0.242. The minimum absolute atomic E-state index is 0.188. The Morgan fingerprint density at radius 2 is 2.08 bits per heavy atom. The minimum atomic E-state index is -0.665. The van der Waals surface area contributed by atoms with Crippen LogP contribution in [0.2, 0.25) is 0 Å². The van der Waals surface area contributed by atoms with E-state index in [1.54, 1.807) is 6.92 Å². The Kier molecular flexibility index (Phi) is 4.69. The maximum atomic E-state index is 10.9. The Morgan fingerprint density at radius 3 is 2.50 bits per heavy atom. The van der Waals surface area contributed by atoms with Crippen LogP contribution in [0.1, 0.15) is 19.8 Å². The molecule has 0 saturated carbocycles. The molecule has 0 unspecified atom stereocenters. The smallest absolute Gasteiger partial charge is 0.341 e. The van der Waals surface area contributed by atoms with Gasteiger partial charge in [-0.15, -0.1) is 6.58 Å². The van der Waals surface area contributed by atoms with Crippen molar-refractivity contribution < 1.29 is 14.3 Å². The van der Waals surface area contributed by atoms with Crippen molar-refractivity contribution in [1.29, 1.82) is 0 Å². The highest BCUT2D eigenvalue weighted by Gasteiger charge is 2.10. The Labute approximate surface area is 71.7 Å². The van der Waals surface area contributed by atoms with Gasteiger partial charge in [-0.1, -0.05) is 19.6 Å². The van der Waals surface area contributed by atoms with Crippen LogP contribution in [-0.4, -0.2) is 11.9 Å². The fraction of sp³-hybridized carbons (Fsp3) is 0.333. The topological polar surface area (TPSA) is 43.4 Å². The predicted molar refractivity (Wildman–Crippen MR) is 45.3 cm³/mol. The van der Waals surface area contributed by atoms with Crippen molar-refractivity contribution in [3.8, 4) is 0 Å². The zero-order chi connectivity index (χ0) is 9.56. The molecule has 0 N–H and O–H groups in total. The van der Waals surface area contributed by atoms with Crippen LogP contribution in [-0.2, 0) is 14.3 Å². The van der Waals surface area contributed by atoms with Crippen molar-refractivity contribution in [2.24, 2.45) is 0 Å². The third-order valence-electron chi connectivity index (χ3n) is 1.17. The molecule has 0 aromatic rings. The highest BCUT2D eigenvalue weighted by Crippen LogP contribution is 2.02. The van der Waals surface area contributed by atoms with Gasteiger partial charge in [-0.05, 0) is 6.42 Å². The summed E-state index contributed by atoms with van der Waals surface area (Å²) < 4.78 is 4.39. The first kappa shape index (κ1) is 10.6. The maximum absolute atomic E-state index is 10.9. The Morgan fingerprint density at radius 1 is 1.50 bits per heavy atom. The van der Waals surface area contributed by atoms with E-state index in [9.17, 15) is 9.59 Å². The number of ether oxygens (including phenoxy) is 1. The van der Waals surface area contributed by atoms with Gasteiger partial charge in [-0.25, -0.2) is 4.79 Å². The lowest BCUT2D eigenvalue weighted by molar-refractivity contribution is -0.156. The predicted octanol–water partition coefficient (Wildman–Crippen LogP) is 1.60. The van der Waals surface area contributed by atoms with Crippen LogP contribution in [0.15, 0.2) is 24.8 Å². The Balaban J connectivity index is 3.95. The SMILES string of the molecule is C=CCC(=C)C(=O)OC(=O)CC. The van der Waals surface area contributed by atoms with Crippen molar-refractivity contribution in [2.45, 2.75) is 19.8 Å². The maximum Gasteiger partial charge on any atom is 0.341 e. The third kappa shape index (κ3) is 3.71. The van der Waals surface area contributed by atoms with Crippen molar-refractivity contribution in [3.05, 3.63) is 24.8 Å². The van der Waals surface area contributed by atoms with Crippen molar-refractivity contribution in [3.63, 3.8) is 0 Å². The molecule has 12 heavy (non-hydrogen) atoms. The lowest BCUT2D eigenvalue weighted by Crippen LogP contribution is -2.12. The van der Waals surface area contributed by atoms with E-state index >= 15 is 0 Å². The van der Waals surface area contributed by atoms with Crippen LogP contribution in [0.4, 0.5) is 0 Å². The van der Waals surface area contributed by atoms with Gasteiger partial charge >= 0.3 is 11.9 Å². The fourth-order valence-electron chi connectivity index (χ4n) is 0.505. The summed E-state index contributed by atoms with van der Waals surface area (Å²) in [7, 11) is 0. The minimum Gasteiger partial charge on any atom is -0.390 e. The highest BCUT2D eigenvalue weighted by atomic mass is 16.6. The molecule has 3 nitrogen and oxygen atoms in total. The molecule has 0 aliphatic carbocycles. The van der Waals surface area contributed by atoms with Crippen LogP contribution in [0, 0.1) is 0 Å². The van der Waals surface area contributed by atoms with Gasteiger partial charge in [0.2, 0.25) is 0 Å². The zero-order valence-corrected chi connectivity index (χ0v) is 7.13. The number of hydrogen-bond acceptors (Lipinski definition) is 3. The molecule has 0 heterocycles. The highest BCUT2D eigenvalue weighted by molar-refractivity contribution is 5.95. The second-order valence-corrected chi connectivity index (χ2v) is 2.21. The molecule has 0 amide bonds. The van der Waals surface area contributed by atoms with E-state index in [1.807, 2.05) is 0 Å². The summed E-state index contributed by atoms with van der Waals surface area (Å²) in [6, 6.07) is 0. The average molecular weight is 168 g/mol. The number of carbonyl (C=O) groups excluding carboxylic acids is 2. The van der Waals surface area contributed by atoms with Gasteiger partial charge in [0.1, 0.15) is 0 Å². The van der Waals surface area contributed by atoms with E-state index in [-0.39, 0.29) is 12.0 Å². The Bertz CT molecular complexity index is 216. The second-order valence-electron chi connectivity index (χ2n) is 2.21. The molecule has 3 heteroatoms. The largest absolute Gasteiger partial charge is 0.390 e. The third-order valence-corrected chi connectivity index (χ3v) is 1.17. The first-order valence-electron chi connectivity index (χ1n) is 3.65. The van der Waals surface area contributed by atoms with E-state index in [0.29, 0.717) is 6.42 Å². The van der Waals surface area contributed by atoms with Gasteiger partial charge in [-0.3, -0.25) is 4.79 Å². The summed E-state index contributed by atoms with van der Waals surface area (Å²) in [4.78, 5) is 21.5. The van der Waals surface area contributed by atoms with E-state index in [1.165, 1.54) is 6.08 Å². The molecule has 0 rings (SSSR count). The van der Waals surface area contributed by atoms with Crippen molar-refractivity contribution in [1.82, 2.24) is 0 Å². The molecule has 0 radical (unpaired) electrons. The molecular weight excluding hydrogens is 156 g/mol. The lowest BCUT2D eigenvalue weighted by atomic mass is 10.2. The second kappa shape index (κ2) is 5.29. The summed E-state index contributed by atoms with van der Waals surface area (Å²) in [5.74, 6) is -1.20. The average Bonchev–Trinajstić information content (AvgIpc) is 2.04. The fourth-order valence-corrected chi connectivity index (χ4v) is 0.505. The van der Waals surface area contributed by atoms with E-state index in [4.69, 9.17) is 0 Å². The van der Waals surface area contributed by atoms with Gasteiger partial charge in [0.15, 0.2) is 0 Å². The molecule has 0 fully saturated rings. The lowest BCUT2D eigenvalue weighted by Gasteiger charge is -2.00. The summed E-state index contributed by atoms with van der Waals surface area (Å²) in [6.45, 7) is 8.48. The summed E-state index contributed by atoms with van der Waals surface area (Å²) in [6.07, 6.45) is 2.06. The molecule has 0 aliphatic rings. The standard InChI is InChI=1S/C9H12O3/c1-4-6-7(3)9(11)12-8(10)5-2/h4H,1,3,5-6H2,2H3. The molecule has 0 aromatic carbocycles. The van der Waals surface area contributed by atoms with Gasteiger partial charge in [-0.2, -0.15) is 0 Å². The molecule has 0 aliphatic heterocycles. The number of rotatable bonds is 4. The van der Waals surface area contributed by atoms with Gasteiger partial charge < -0.3 is 4.74 Å². The molecule has 0 atom stereocenters. The number of carbonyl (C=O) groups is 2. The Hall–Kier alpha value is -1.38. The van der Waals surface area contributed by atoms with Gasteiger partial charge in [0.25, 0.3) is 0 Å². The van der Waals surface area contributed by atoms with Crippen LogP contribution in [0.5, 0.6) is 0 Å². The first-order valence-corrected chi connectivity index (χ1v) is 3.65. The number of esters is 2. The van der Waals surface area contributed by atoms with E-state index in [2.05, 4.69) is 17.9 Å². The molecular formula is C9H12O3. The summed E-state index contributed by atoms with van der Waals surface area (Å²) >= 11 is 0. The molecule has 0 saturated heterocycles. The van der Waals surface area contributed by atoms with Gasteiger partial charge in [0.05, 0.1) is 0 Å². The normalized spacial score (nSPS) is 8.75. The van der Waals surface area contributed by atoms with E-state index in [0.717, 1.165) is 0 Å². The number of hydrogen-bond donors (Lipinski definition) is 0. The van der Waals surface area contributed by atoms with Crippen molar-refractivity contribution in [2.75, 3.05) is 0 Å². The van der Waals surface area contributed by atoms with Crippen LogP contribution in [0.25, 0.3) is 0 Å². The molecule has 0 bridgehead atoms. The summed E-state index contributed by atoms with van der Waals surface area (Å²) in [5, 5.41) is 0. The van der Waals surface area contributed by atoms with Crippen molar-refractivity contribution >= 4 is 11.9 Å². The number of allylic oxidation sites excluding steroid dienone is 1. The first-order chi connectivity index (χ1) is 5.61. The zero-order valence-electron chi connectivity index (χ0n) is 7.13. The quantitative estimate of drug-likeness (QED) is 0.277. The van der Waals surface area contributed by atoms with Crippen LogP contribution >= 0.6 is 0 Å². The van der Waals surface area contributed by atoms with Gasteiger partial charge in [0, 0.05) is 12.0 Å². The molecule has 66 valence electrons. The van der Waals surface area contributed by atoms with E-state index < -0.39 is 11.9 Å². The molecule has 0 aromatic heterocycles. The molecule has 0 spiro atoms. The van der Waals surface area contributed by atoms with Crippen LogP contribution in [0.3, 0.4) is 0 Å². The van der Waals surface area contributed by atoms with Crippen LogP contribution < -0.4 is 0 Å². The monoisotopic (exact) mass is 168 g/mol.